The van der Waals surface area contributed by atoms with Gasteiger partial charge < -0.3 is 5.32 Å². The van der Waals surface area contributed by atoms with Crippen LogP contribution in [0.15, 0.2) is 35.8 Å². The van der Waals surface area contributed by atoms with E-state index >= 15 is 0 Å². The summed E-state index contributed by atoms with van der Waals surface area (Å²) in [5.74, 6) is 0.822. The minimum atomic E-state index is -3.15. The molecule has 2 aliphatic heterocycles. The summed E-state index contributed by atoms with van der Waals surface area (Å²) in [4.78, 5) is 33.3. The normalized spacial score (nSPS) is 20.8. The van der Waals surface area contributed by atoms with Crippen molar-refractivity contribution in [3.8, 4) is 5.82 Å². The molecule has 1 unspecified atom stereocenters. The predicted molar refractivity (Wildman–Crippen MR) is 109 cm³/mol. The van der Waals surface area contributed by atoms with E-state index in [9.17, 15) is 18.0 Å². The van der Waals surface area contributed by atoms with Crippen LogP contribution in [0.1, 0.15) is 30.7 Å². The molecule has 0 spiro atoms. The molecule has 0 radical (unpaired) electrons. The molecule has 158 valence electrons. The average molecular weight is 430 g/mol. The third-order valence-corrected chi connectivity index (χ3v) is 6.96. The third kappa shape index (κ3) is 4.25. The van der Waals surface area contributed by atoms with Gasteiger partial charge in [-0.1, -0.05) is 0 Å². The van der Waals surface area contributed by atoms with Gasteiger partial charge in [-0.3, -0.25) is 14.2 Å². The zero-order chi connectivity index (χ0) is 21.3. The molecule has 1 N–H and O–H groups in total. The number of aryl methyl sites for hydroxylation is 1. The van der Waals surface area contributed by atoms with Crippen LogP contribution in [0, 0.1) is 6.92 Å². The summed E-state index contributed by atoms with van der Waals surface area (Å²) in [6.45, 7) is 2.15. The van der Waals surface area contributed by atoms with Crippen LogP contribution in [0.3, 0.4) is 0 Å². The highest BCUT2D eigenvalue weighted by atomic mass is 32.2. The van der Waals surface area contributed by atoms with E-state index in [4.69, 9.17) is 0 Å². The maximum Gasteiger partial charge on any atom is 0.267 e. The Kier molecular flexibility index (Phi) is 5.37. The Balaban J connectivity index is 1.43. The first-order valence-corrected chi connectivity index (χ1v) is 11.5. The second-order valence-electron chi connectivity index (χ2n) is 7.39. The maximum absolute atomic E-state index is 12.6. The molecular weight excluding hydrogens is 408 g/mol. The molecule has 0 aliphatic carbocycles. The molecule has 1 saturated heterocycles. The zero-order valence-corrected chi connectivity index (χ0v) is 17.3. The number of carbonyl (C=O) groups is 2. The van der Waals surface area contributed by atoms with Crippen molar-refractivity contribution in [2.75, 3.05) is 11.5 Å². The summed E-state index contributed by atoms with van der Waals surface area (Å²) in [6.07, 6.45) is 5.88. The first-order valence-electron chi connectivity index (χ1n) is 9.66. The average Bonchev–Trinajstić information content (AvgIpc) is 3.31. The number of pyridine rings is 1. The van der Waals surface area contributed by atoms with E-state index in [1.807, 2.05) is 23.8 Å². The van der Waals surface area contributed by atoms with Crippen molar-refractivity contribution in [2.45, 2.75) is 38.8 Å². The van der Waals surface area contributed by atoms with E-state index < -0.39 is 15.9 Å². The molecule has 2 aromatic rings. The minimum Gasteiger partial charge on any atom is -0.347 e. The fourth-order valence-corrected chi connectivity index (χ4v) is 5.29. The predicted octanol–water partition coefficient (Wildman–Crippen LogP) is 0.357. The molecule has 1 atom stereocenters. The molecule has 2 amide bonds. The van der Waals surface area contributed by atoms with Crippen molar-refractivity contribution in [1.29, 1.82) is 0 Å². The van der Waals surface area contributed by atoms with Crippen LogP contribution in [-0.4, -0.2) is 63.0 Å². The second kappa shape index (κ2) is 7.98. The van der Waals surface area contributed by atoms with Crippen LogP contribution in [-0.2, 0) is 26.0 Å². The van der Waals surface area contributed by atoms with Crippen molar-refractivity contribution in [1.82, 2.24) is 24.9 Å². The highest BCUT2D eigenvalue weighted by Crippen LogP contribution is 2.22. The lowest BCUT2D eigenvalue weighted by Crippen LogP contribution is -2.43. The van der Waals surface area contributed by atoms with Crippen LogP contribution in [0.2, 0.25) is 0 Å². The maximum atomic E-state index is 12.6. The molecule has 4 rings (SSSR count). The minimum absolute atomic E-state index is 0.0409. The lowest BCUT2D eigenvalue weighted by Gasteiger charge is -2.27. The van der Waals surface area contributed by atoms with E-state index in [-0.39, 0.29) is 48.4 Å². The van der Waals surface area contributed by atoms with Crippen molar-refractivity contribution in [2.24, 2.45) is 5.10 Å². The van der Waals surface area contributed by atoms with Crippen molar-refractivity contribution < 1.29 is 18.0 Å². The van der Waals surface area contributed by atoms with Crippen LogP contribution in [0.4, 0.5) is 0 Å². The fourth-order valence-electron chi connectivity index (χ4n) is 3.59. The number of hydrogen-bond acceptors (Lipinski definition) is 7. The number of hydrogen-bond donors (Lipinski definition) is 1. The number of sulfone groups is 1. The van der Waals surface area contributed by atoms with Crippen LogP contribution >= 0.6 is 0 Å². The van der Waals surface area contributed by atoms with E-state index in [1.54, 1.807) is 18.5 Å². The first kappa shape index (κ1) is 20.2. The number of rotatable bonds is 5. The van der Waals surface area contributed by atoms with Gasteiger partial charge in [0.2, 0.25) is 5.91 Å². The van der Waals surface area contributed by atoms with Crippen LogP contribution in [0.5, 0.6) is 0 Å². The lowest BCUT2D eigenvalue weighted by molar-refractivity contribution is -0.133. The van der Waals surface area contributed by atoms with Gasteiger partial charge in [0.05, 0.1) is 17.5 Å². The number of nitrogens with zero attached hydrogens (tertiary/aromatic N) is 5. The number of aromatic nitrogens is 3. The largest absolute Gasteiger partial charge is 0.347 e. The second-order valence-corrected chi connectivity index (χ2v) is 9.62. The smallest absolute Gasteiger partial charge is 0.267 e. The number of amides is 2. The SMILES string of the molecule is Cc1nccn1-c1cc(CNC(=O)C2=NN(C3CCS(=O)(=O)C3)C(=O)CC2)ccn1. The standard InChI is InChI=1S/C19H22N6O4S/c1-13-20-7-8-24(13)17-10-14(4-6-21-17)11-22-19(27)16-2-3-18(26)25(23-16)15-5-9-30(28,29)12-15/h4,6-8,10,15H,2-3,5,9,11-12H2,1H3,(H,22,27). The van der Waals surface area contributed by atoms with Gasteiger partial charge >= 0.3 is 0 Å². The molecule has 4 heterocycles. The molecule has 1 fully saturated rings. The Morgan fingerprint density at radius 1 is 1.27 bits per heavy atom. The Morgan fingerprint density at radius 2 is 2.10 bits per heavy atom. The van der Waals surface area contributed by atoms with E-state index in [1.165, 1.54) is 5.01 Å². The highest BCUT2D eigenvalue weighted by molar-refractivity contribution is 7.91. The van der Waals surface area contributed by atoms with Crippen molar-refractivity contribution in [3.63, 3.8) is 0 Å². The molecule has 0 aromatic carbocycles. The topological polar surface area (TPSA) is 127 Å². The number of nitrogens with one attached hydrogen (secondary N) is 1. The summed E-state index contributed by atoms with van der Waals surface area (Å²) in [5, 5.41) is 8.20. The molecule has 30 heavy (non-hydrogen) atoms. The van der Waals surface area contributed by atoms with Gasteiger partial charge in [0.1, 0.15) is 17.4 Å². The molecule has 2 aromatic heterocycles. The van der Waals surface area contributed by atoms with Crippen molar-refractivity contribution >= 4 is 27.4 Å². The first-order chi connectivity index (χ1) is 14.3. The summed E-state index contributed by atoms with van der Waals surface area (Å²) in [7, 11) is -3.15. The van der Waals surface area contributed by atoms with E-state index in [0.717, 1.165) is 11.4 Å². The van der Waals surface area contributed by atoms with Gasteiger partial charge in [-0.25, -0.2) is 23.4 Å². The van der Waals surface area contributed by atoms with Gasteiger partial charge in [0.25, 0.3) is 5.91 Å². The summed E-state index contributed by atoms with van der Waals surface area (Å²) >= 11 is 0. The molecule has 2 aliphatic rings. The summed E-state index contributed by atoms with van der Waals surface area (Å²) in [5.41, 5.74) is 1.09. The van der Waals surface area contributed by atoms with Gasteiger partial charge in [-0.05, 0) is 31.0 Å². The summed E-state index contributed by atoms with van der Waals surface area (Å²) in [6, 6.07) is 3.17. The van der Waals surface area contributed by atoms with E-state index in [0.29, 0.717) is 12.2 Å². The van der Waals surface area contributed by atoms with Gasteiger partial charge in [-0.15, -0.1) is 0 Å². The van der Waals surface area contributed by atoms with Gasteiger partial charge in [-0.2, -0.15) is 5.10 Å². The molecule has 11 heteroatoms. The molecule has 0 saturated carbocycles. The third-order valence-electron chi connectivity index (χ3n) is 5.21. The van der Waals surface area contributed by atoms with Gasteiger partial charge in [0, 0.05) is 38.0 Å². The van der Waals surface area contributed by atoms with Gasteiger partial charge in [0.15, 0.2) is 9.84 Å². The Labute approximate surface area is 173 Å². The Morgan fingerprint density at radius 3 is 2.80 bits per heavy atom. The molecule has 0 bridgehead atoms. The number of carbonyl (C=O) groups excluding carboxylic acids is 2. The number of hydrazone groups is 1. The van der Waals surface area contributed by atoms with Crippen molar-refractivity contribution in [3.05, 3.63) is 42.1 Å². The zero-order valence-electron chi connectivity index (χ0n) is 16.5. The molecule has 10 nitrogen and oxygen atoms in total. The highest BCUT2D eigenvalue weighted by Gasteiger charge is 2.37. The molecular formula is C19H22N6O4S. The Bertz CT molecular complexity index is 1120. The number of imidazole rings is 1. The fraction of sp³-hybridized carbons (Fsp3) is 0.421. The van der Waals surface area contributed by atoms with Crippen LogP contribution in [0.25, 0.3) is 5.82 Å². The summed E-state index contributed by atoms with van der Waals surface area (Å²) < 4.78 is 25.3. The van der Waals surface area contributed by atoms with Crippen LogP contribution < -0.4 is 5.32 Å². The lowest BCUT2D eigenvalue weighted by atomic mass is 10.1. The van der Waals surface area contributed by atoms with E-state index in [2.05, 4.69) is 20.4 Å². The Hall–Kier alpha value is -3.08. The quantitative estimate of drug-likeness (QED) is 0.730. The monoisotopic (exact) mass is 430 g/mol.